The van der Waals surface area contributed by atoms with Crippen molar-refractivity contribution in [2.75, 3.05) is 33.2 Å². The van der Waals surface area contributed by atoms with Crippen LogP contribution in [-0.4, -0.2) is 49.1 Å². The van der Waals surface area contributed by atoms with E-state index in [2.05, 4.69) is 37.6 Å². The van der Waals surface area contributed by atoms with Crippen molar-refractivity contribution in [2.45, 2.75) is 26.8 Å². The largest absolute Gasteiger partial charge is 0.304 e. The highest BCUT2D eigenvalue weighted by molar-refractivity contribution is 4.77. The summed E-state index contributed by atoms with van der Waals surface area (Å²) in [5.74, 6) is 0.802. The first-order chi connectivity index (χ1) is 5.59. The molecule has 12 heavy (non-hydrogen) atoms. The van der Waals surface area contributed by atoms with Crippen LogP contribution in [0.3, 0.4) is 0 Å². The second-order valence-electron chi connectivity index (χ2n) is 4.50. The van der Waals surface area contributed by atoms with Crippen molar-refractivity contribution in [3.05, 3.63) is 0 Å². The average Bonchev–Trinajstić information content (AvgIpc) is 1.94. The van der Waals surface area contributed by atoms with Crippen LogP contribution >= 0.6 is 0 Å². The Morgan fingerprint density at radius 2 is 2.00 bits per heavy atom. The maximum Gasteiger partial charge on any atom is 0.0195 e. The third kappa shape index (κ3) is 2.76. The fraction of sp³-hybridized carbons (Fsp3) is 1.00. The summed E-state index contributed by atoms with van der Waals surface area (Å²) in [5.41, 5.74) is 0. The van der Waals surface area contributed by atoms with Gasteiger partial charge < -0.3 is 4.90 Å². The minimum absolute atomic E-state index is 0.742. The molecule has 0 saturated carbocycles. The molecule has 2 nitrogen and oxygen atoms in total. The predicted molar refractivity (Wildman–Crippen MR) is 53.4 cm³/mol. The van der Waals surface area contributed by atoms with Crippen LogP contribution in [0.4, 0.5) is 0 Å². The van der Waals surface area contributed by atoms with Gasteiger partial charge in [-0.3, -0.25) is 4.90 Å². The van der Waals surface area contributed by atoms with Gasteiger partial charge in [-0.25, -0.2) is 0 Å². The second kappa shape index (κ2) is 4.24. The number of rotatable bonds is 2. The number of hydrogen-bond acceptors (Lipinski definition) is 2. The lowest BCUT2D eigenvalue weighted by Gasteiger charge is -2.39. The summed E-state index contributed by atoms with van der Waals surface area (Å²) in [4.78, 5) is 5.02. The van der Waals surface area contributed by atoms with E-state index in [0.717, 1.165) is 12.0 Å². The molecular weight excluding hydrogens is 148 g/mol. The summed E-state index contributed by atoms with van der Waals surface area (Å²) in [6.07, 6.45) is 0. The Kier molecular flexibility index (Phi) is 3.53. The molecule has 1 heterocycles. The molecule has 0 bridgehead atoms. The van der Waals surface area contributed by atoms with E-state index in [0.29, 0.717) is 0 Å². The third-order valence-electron chi connectivity index (χ3n) is 2.57. The Balaban J connectivity index is 2.34. The van der Waals surface area contributed by atoms with Gasteiger partial charge in [0.1, 0.15) is 0 Å². The number of nitrogens with zero attached hydrogens (tertiary/aromatic N) is 2. The van der Waals surface area contributed by atoms with Gasteiger partial charge in [0.2, 0.25) is 0 Å². The van der Waals surface area contributed by atoms with E-state index in [1.807, 2.05) is 0 Å². The third-order valence-corrected chi connectivity index (χ3v) is 2.57. The van der Waals surface area contributed by atoms with Gasteiger partial charge in [-0.2, -0.15) is 0 Å². The van der Waals surface area contributed by atoms with Crippen molar-refractivity contribution >= 4 is 0 Å². The molecule has 72 valence electrons. The van der Waals surface area contributed by atoms with Gasteiger partial charge in [-0.15, -0.1) is 0 Å². The smallest absolute Gasteiger partial charge is 0.0195 e. The first-order valence-corrected chi connectivity index (χ1v) is 5.02. The molecule has 0 N–H and O–H groups in total. The first kappa shape index (κ1) is 10.0. The van der Waals surface area contributed by atoms with Gasteiger partial charge in [0.25, 0.3) is 0 Å². The molecule has 1 rings (SSSR count). The summed E-state index contributed by atoms with van der Waals surface area (Å²) in [6, 6.07) is 0.742. The molecular formula is C10H22N2. The zero-order valence-corrected chi connectivity index (χ0v) is 8.88. The standard InChI is InChI=1S/C10H22N2/c1-9(2)7-12-6-5-11(4)8-10(12)3/h9-10H,5-8H2,1-4H3/t10-/m0/s1. The van der Waals surface area contributed by atoms with Crippen molar-refractivity contribution in [1.29, 1.82) is 0 Å². The summed E-state index contributed by atoms with van der Waals surface area (Å²) >= 11 is 0. The Labute approximate surface area is 76.5 Å². The molecule has 0 radical (unpaired) electrons. The van der Waals surface area contributed by atoms with Crippen molar-refractivity contribution in [3.63, 3.8) is 0 Å². The van der Waals surface area contributed by atoms with Gasteiger partial charge >= 0.3 is 0 Å². The highest BCUT2D eigenvalue weighted by atomic mass is 15.3. The summed E-state index contributed by atoms with van der Waals surface area (Å²) < 4.78 is 0. The van der Waals surface area contributed by atoms with Crippen LogP contribution in [0.2, 0.25) is 0 Å². The minimum Gasteiger partial charge on any atom is -0.304 e. The van der Waals surface area contributed by atoms with Crippen LogP contribution in [0, 0.1) is 5.92 Å². The van der Waals surface area contributed by atoms with E-state index in [4.69, 9.17) is 0 Å². The Hall–Kier alpha value is -0.0800. The van der Waals surface area contributed by atoms with Gasteiger partial charge in [0.15, 0.2) is 0 Å². The van der Waals surface area contributed by atoms with Crippen LogP contribution in [0.5, 0.6) is 0 Å². The molecule has 1 saturated heterocycles. The molecule has 1 aliphatic heterocycles. The SMILES string of the molecule is CC(C)CN1CCN(C)C[C@@H]1C. The molecule has 0 amide bonds. The normalized spacial score (nSPS) is 28.2. The summed E-state index contributed by atoms with van der Waals surface area (Å²) in [7, 11) is 2.21. The molecule has 1 aliphatic rings. The Morgan fingerprint density at radius 3 is 2.50 bits per heavy atom. The van der Waals surface area contributed by atoms with Gasteiger partial charge in [0.05, 0.1) is 0 Å². The summed E-state index contributed by atoms with van der Waals surface area (Å²) in [5, 5.41) is 0. The quantitative estimate of drug-likeness (QED) is 0.616. The zero-order chi connectivity index (χ0) is 9.14. The number of likely N-dealkylation sites (N-methyl/N-ethyl adjacent to an activating group) is 1. The topological polar surface area (TPSA) is 6.48 Å². The fourth-order valence-electron chi connectivity index (χ4n) is 1.92. The molecule has 1 fully saturated rings. The molecule has 0 unspecified atom stereocenters. The molecule has 0 spiro atoms. The molecule has 0 aromatic heterocycles. The fourth-order valence-corrected chi connectivity index (χ4v) is 1.92. The van der Waals surface area contributed by atoms with Crippen molar-refractivity contribution in [3.8, 4) is 0 Å². The van der Waals surface area contributed by atoms with Crippen LogP contribution in [0.15, 0.2) is 0 Å². The number of hydrogen-bond donors (Lipinski definition) is 0. The molecule has 2 heteroatoms. The van der Waals surface area contributed by atoms with Crippen LogP contribution in [0.25, 0.3) is 0 Å². The van der Waals surface area contributed by atoms with Crippen molar-refractivity contribution in [1.82, 2.24) is 9.80 Å². The average molecular weight is 170 g/mol. The second-order valence-corrected chi connectivity index (χ2v) is 4.50. The van der Waals surface area contributed by atoms with E-state index < -0.39 is 0 Å². The van der Waals surface area contributed by atoms with Crippen molar-refractivity contribution < 1.29 is 0 Å². The van der Waals surface area contributed by atoms with E-state index in [1.165, 1.54) is 26.2 Å². The Morgan fingerprint density at radius 1 is 1.33 bits per heavy atom. The minimum atomic E-state index is 0.742. The predicted octanol–water partition coefficient (Wildman–Crippen LogP) is 1.28. The zero-order valence-electron chi connectivity index (χ0n) is 8.88. The van der Waals surface area contributed by atoms with Crippen LogP contribution < -0.4 is 0 Å². The van der Waals surface area contributed by atoms with E-state index in [-0.39, 0.29) is 0 Å². The molecule has 1 atom stereocenters. The first-order valence-electron chi connectivity index (χ1n) is 5.02. The highest BCUT2D eigenvalue weighted by Crippen LogP contribution is 2.09. The maximum absolute atomic E-state index is 2.60. The van der Waals surface area contributed by atoms with Gasteiger partial charge in [0, 0.05) is 32.2 Å². The molecule has 0 aromatic rings. The van der Waals surface area contributed by atoms with Gasteiger partial charge in [-0.05, 0) is 19.9 Å². The maximum atomic E-state index is 2.60. The van der Waals surface area contributed by atoms with E-state index in [1.54, 1.807) is 0 Å². The van der Waals surface area contributed by atoms with Crippen molar-refractivity contribution in [2.24, 2.45) is 5.92 Å². The lowest BCUT2D eigenvalue weighted by Crippen LogP contribution is -2.51. The van der Waals surface area contributed by atoms with E-state index >= 15 is 0 Å². The van der Waals surface area contributed by atoms with Crippen LogP contribution in [-0.2, 0) is 0 Å². The highest BCUT2D eigenvalue weighted by Gasteiger charge is 2.21. The van der Waals surface area contributed by atoms with Crippen LogP contribution in [0.1, 0.15) is 20.8 Å². The summed E-state index contributed by atoms with van der Waals surface area (Å²) in [6.45, 7) is 11.9. The van der Waals surface area contributed by atoms with Gasteiger partial charge in [-0.1, -0.05) is 13.8 Å². The monoisotopic (exact) mass is 170 g/mol. The van der Waals surface area contributed by atoms with E-state index in [9.17, 15) is 0 Å². The lowest BCUT2D eigenvalue weighted by molar-refractivity contribution is 0.0896. The number of piperazine rings is 1. The molecule has 0 aromatic carbocycles. The lowest BCUT2D eigenvalue weighted by atomic mass is 10.1. The Bertz CT molecular complexity index is 134. The molecule has 0 aliphatic carbocycles.